The van der Waals surface area contributed by atoms with Gasteiger partial charge < -0.3 is 0 Å². The molecule has 8 heteroatoms. The topological polar surface area (TPSA) is 85.1 Å². The van der Waals surface area contributed by atoms with Crippen LogP contribution >= 0.6 is 22.9 Å². The second kappa shape index (κ2) is 7.90. The van der Waals surface area contributed by atoms with Crippen molar-refractivity contribution in [3.8, 4) is 11.3 Å². The van der Waals surface area contributed by atoms with E-state index in [0.717, 1.165) is 11.1 Å². The lowest BCUT2D eigenvalue weighted by atomic mass is 10.1. The number of hydrogen-bond acceptors (Lipinski definition) is 5. The molecule has 0 aliphatic carbocycles. The number of anilines is 1. The van der Waals surface area contributed by atoms with Gasteiger partial charge in [-0.1, -0.05) is 23.7 Å². The monoisotopic (exact) mass is 385 g/mol. The summed E-state index contributed by atoms with van der Waals surface area (Å²) >= 11 is 7.09. The van der Waals surface area contributed by atoms with Crippen LogP contribution in [0, 0.1) is 10.1 Å². The van der Waals surface area contributed by atoms with E-state index in [2.05, 4.69) is 10.3 Å². The summed E-state index contributed by atoms with van der Waals surface area (Å²) in [5.74, 6) is -0.301. The van der Waals surface area contributed by atoms with Crippen LogP contribution in [0.3, 0.4) is 0 Å². The van der Waals surface area contributed by atoms with Gasteiger partial charge >= 0.3 is 0 Å². The smallest absolute Gasteiger partial charge is 0.269 e. The third kappa shape index (κ3) is 4.53. The summed E-state index contributed by atoms with van der Waals surface area (Å²) in [6, 6.07) is 13.2. The highest BCUT2D eigenvalue weighted by molar-refractivity contribution is 7.14. The third-order valence-corrected chi connectivity index (χ3v) is 4.42. The minimum absolute atomic E-state index is 0.0184. The van der Waals surface area contributed by atoms with E-state index in [1.54, 1.807) is 35.7 Å². The maximum absolute atomic E-state index is 12.0. The Kier molecular flexibility index (Phi) is 5.40. The fraction of sp³-hybridized carbons (Fsp3) is 0. The molecule has 1 N–H and O–H groups in total. The number of carbonyl (C=O) groups excluding carboxylic acids is 1. The fourth-order valence-corrected chi connectivity index (χ4v) is 2.96. The van der Waals surface area contributed by atoms with Gasteiger partial charge in [-0.2, -0.15) is 0 Å². The molecule has 0 saturated carbocycles. The first-order valence-corrected chi connectivity index (χ1v) is 8.72. The van der Waals surface area contributed by atoms with Crippen molar-refractivity contribution in [3.63, 3.8) is 0 Å². The van der Waals surface area contributed by atoms with Crippen LogP contribution in [0.4, 0.5) is 10.8 Å². The Hall–Kier alpha value is -3.03. The molecule has 0 atom stereocenters. The first-order valence-electron chi connectivity index (χ1n) is 7.46. The number of halogens is 1. The number of benzene rings is 2. The number of carbonyl (C=O) groups is 1. The number of non-ortho nitro benzene ring substituents is 1. The number of rotatable bonds is 5. The molecule has 3 aromatic rings. The normalized spacial score (nSPS) is 10.8. The molecule has 0 unspecified atom stereocenters. The molecule has 6 nitrogen and oxygen atoms in total. The van der Waals surface area contributed by atoms with Crippen molar-refractivity contribution in [1.29, 1.82) is 0 Å². The Bertz CT molecular complexity index is 966. The molecule has 26 heavy (non-hydrogen) atoms. The number of nitro groups is 1. The quantitative estimate of drug-likeness (QED) is 0.379. The maximum Gasteiger partial charge on any atom is 0.269 e. The molecule has 1 aromatic heterocycles. The Morgan fingerprint density at radius 2 is 1.85 bits per heavy atom. The highest BCUT2D eigenvalue weighted by Gasteiger charge is 2.09. The van der Waals surface area contributed by atoms with Crippen LogP contribution in [-0.2, 0) is 4.79 Å². The summed E-state index contributed by atoms with van der Waals surface area (Å²) in [5, 5.41) is 16.2. The first-order chi connectivity index (χ1) is 12.5. The molecule has 1 heterocycles. The molecule has 2 aromatic carbocycles. The molecule has 3 rings (SSSR count). The van der Waals surface area contributed by atoms with Crippen LogP contribution < -0.4 is 5.32 Å². The van der Waals surface area contributed by atoms with Crippen molar-refractivity contribution in [2.75, 3.05) is 5.32 Å². The Labute approximate surface area is 157 Å². The number of amides is 1. The molecule has 0 bridgehead atoms. The maximum atomic E-state index is 12.0. The van der Waals surface area contributed by atoms with Gasteiger partial charge in [0.05, 0.1) is 10.6 Å². The molecule has 130 valence electrons. The molecular formula is C18H12ClN3O3S. The van der Waals surface area contributed by atoms with Gasteiger partial charge in [-0.15, -0.1) is 11.3 Å². The van der Waals surface area contributed by atoms with E-state index >= 15 is 0 Å². The number of nitro benzene ring substituents is 1. The van der Waals surface area contributed by atoms with E-state index in [1.807, 2.05) is 12.1 Å². The first kappa shape index (κ1) is 17.8. The van der Waals surface area contributed by atoms with E-state index < -0.39 is 4.92 Å². The van der Waals surface area contributed by atoms with E-state index in [9.17, 15) is 14.9 Å². The minimum Gasteiger partial charge on any atom is -0.298 e. The SMILES string of the molecule is O=C(/C=C/c1ccc(Cl)cc1)Nc1nc(-c2ccc([N+](=O)[O-])cc2)cs1. The highest BCUT2D eigenvalue weighted by atomic mass is 35.5. The zero-order chi connectivity index (χ0) is 18.5. The Morgan fingerprint density at radius 3 is 2.50 bits per heavy atom. The van der Waals surface area contributed by atoms with E-state index in [-0.39, 0.29) is 11.6 Å². The average molecular weight is 386 g/mol. The van der Waals surface area contributed by atoms with Crippen LogP contribution in [0.2, 0.25) is 5.02 Å². The van der Waals surface area contributed by atoms with Gasteiger partial charge in [0.1, 0.15) is 0 Å². The van der Waals surface area contributed by atoms with Crippen LogP contribution in [0.1, 0.15) is 5.56 Å². The van der Waals surface area contributed by atoms with Crippen molar-refractivity contribution >= 4 is 45.7 Å². The van der Waals surface area contributed by atoms with Crippen LogP contribution in [-0.4, -0.2) is 15.8 Å². The lowest BCUT2D eigenvalue weighted by Gasteiger charge is -1.98. The zero-order valence-electron chi connectivity index (χ0n) is 13.3. The molecule has 0 aliphatic heterocycles. The van der Waals surface area contributed by atoms with Gasteiger partial charge in [-0.05, 0) is 35.9 Å². The third-order valence-electron chi connectivity index (χ3n) is 3.41. The molecular weight excluding hydrogens is 374 g/mol. The van der Waals surface area contributed by atoms with Crippen molar-refractivity contribution < 1.29 is 9.72 Å². The standard InChI is InChI=1S/C18H12ClN3O3S/c19-14-6-1-12(2-7-14)3-10-17(23)21-18-20-16(11-26-18)13-4-8-15(9-5-13)22(24)25/h1-11H,(H,20,21,23)/b10-3+. The summed E-state index contributed by atoms with van der Waals surface area (Å²) in [5.41, 5.74) is 2.26. The number of nitrogens with one attached hydrogen (secondary N) is 1. The second-order valence-corrected chi connectivity index (χ2v) is 6.51. The number of thiazole rings is 1. The lowest BCUT2D eigenvalue weighted by molar-refractivity contribution is -0.384. The number of hydrogen-bond donors (Lipinski definition) is 1. The summed E-state index contributed by atoms with van der Waals surface area (Å²) < 4.78 is 0. The highest BCUT2D eigenvalue weighted by Crippen LogP contribution is 2.26. The van der Waals surface area contributed by atoms with E-state index in [4.69, 9.17) is 11.6 Å². The second-order valence-electron chi connectivity index (χ2n) is 5.22. The van der Waals surface area contributed by atoms with Gasteiger partial charge in [0.25, 0.3) is 5.69 Å². The predicted molar refractivity (Wildman–Crippen MR) is 103 cm³/mol. The zero-order valence-corrected chi connectivity index (χ0v) is 14.8. The van der Waals surface area contributed by atoms with E-state index in [0.29, 0.717) is 15.8 Å². The van der Waals surface area contributed by atoms with Crippen molar-refractivity contribution in [2.45, 2.75) is 0 Å². The molecule has 0 saturated heterocycles. The van der Waals surface area contributed by atoms with Crippen molar-refractivity contribution in [2.24, 2.45) is 0 Å². The van der Waals surface area contributed by atoms with Gasteiger partial charge in [0, 0.05) is 34.2 Å². The summed E-state index contributed by atoms with van der Waals surface area (Å²) in [7, 11) is 0. The molecule has 1 amide bonds. The van der Waals surface area contributed by atoms with Gasteiger partial charge in [0.2, 0.25) is 5.91 Å². The number of aromatic nitrogens is 1. The van der Waals surface area contributed by atoms with Crippen LogP contribution in [0.5, 0.6) is 0 Å². The Balaban J connectivity index is 1.65. The molecule has 0 spiro atoms. The predicted octanol–water partition coefficient (Wildman–Crippen LogP) is 5.02. The van der Waals surface area contributed by atoms with Crippen LogP contribution in [0.15, 0.2) is 60.0 Å². The summed E-state index contributed by atoms with van der Waals surface area (Å²) in [4.78, 5) is 26.5. The fourth-order valence-electron chi connectivity index (χ4n) is 2.11. The Morgan fingerprint density at radius 1 is 1.15 bits per heavy atom. The lowest BCUT2D eigenvalue weighted by Crippen LogP contribution is -2.07. The summed E-state index contributed by atoms with van der Waals surface area (Å²) in [6.45, 7) is 0. The van der Waals surface area contributed by atoms with Gasteiger partial charge in [0.15, 0.2) is 5.13 Å². The molecule has 0 fully saturated rings. The van der Waals surface area contributed by atoms with Gasteiger partial charge in [-0.3, -0.25) is 20.2 Å². The van der Waals surface area contributed by atoms with Crippen molar-refractivity contribution in [3.05, 3.63) is 80.7 Å². The largest absolute Gasteiger partial charge is 0.298 e. The molecule has 0 aliphatic rings. The van der Waals surface area contributed by atoms with Crippen molar-refractivity contribution in [1.82, 2.24) is 4.98 Å². The molecule has 0 radical (unpaired) electrons. The van der Waals surface area contributed by atoms with E-state index in [1.165, 1.54) is 29.5 Å². The van der Waals surface area contributed by atoms with Gasteiger partial charge in [-0.25, -0.2) is 4.98 Å². The minimum atomic E-state index is -0.455. The average Bonchev–Trinajstić information content (AvgIpc) is 3.10. The van der Waals surface area contributed by atoms with Crippen LogP contribution in [0.25, 0.3) is 17.3 Å². The number of nitrogens with zero attached hydrogens (tertiary/aromatic N) is 2. The summed E-state index contributed by atoms with van der Waals surface area (Å²) in [6.07, 6.45) is 3.09.